The molecule has 1 atom stereocenters. The minimum absolute atomic E-state index is 0.0392. The topological polar surface area (TPSA) is 69.7 Å². The van der Waals surface area contributed by atoms with E-state index in [2.05, 4.69) is 5.32 Å². The molecular formula is C13H22F3N3O3S. The molecule has 2 aliphatic rings. The standard InChI is InChI=1S/C13H22F3N3O3S/c1-23(21,22)19(9-13(14,15)16)10-4-7-18(8-5-10)12(20)11-3-2-6-17-11/h10-11,17H,2-9H2,1H3. The van der Waals surface area contributed by atoms with Gasteiger partial charge < -0.3 is 10.2 Å². The van der Waals surface area contributed by atoms with Gasteiger partial charge in [0.1, 0.15) is 6.54 Å². The Hall–Kier alpha value is -0.870. The third-order valence-corrected chi connectivity index (χ3v) is 5.58. The SMILES string of the molecule is CS(=O)(=O)N(CC(F)(F)F)C1CCN(C(=O)C2CCCN2)CC1. The van der Waals surface area contributed by atoms with Crippen molar-refractivity contribution in [3.63, 3.8) is 0 Å². The fourth-order valence-corrected chi connectivity index (χ4v) is 4.32. The lowest BCUT2D eigenvalue weighted by molar-refractivity contribution is -0.143. The van der Waals surface area contributed by atoms with Crippen LogP contribution >= 0.6 is 0 Å². The number of likely N-dealkylation sites (tertiary alicyclic amines) is 1. The van der Waals surface area contributed by atoms with E-state index < -0.39 is 28.8 Å². The highest BCUT2D eigenvalue weighted by Crippen LogP contribution is 2.25. The molecule has 2 heterocycles. The summed E-state index contributed by atoms with van der Waals surface area (Å²) in [5.74, 6) is -0.0392. The van der Waals surface area contributed by atoms with Gasteiger partial charge in [0.25, 0.3) is 0 Å². The number of sulfonamides is 1. The molecule has 2 rings (SSSR count). The van der Waals surface area contributed by atoms with Gasteiger partial charge in [-0.15, -0.1) is 0 Å². The first-order chi connectivity index (χ1) is 10.6. The van der Waals surface area contributed by atoms with Crippen molar-refractivity contribution >= 4 is 15.9 Å². The summed E-state index contributed by atoms with van der Waals surface area (Å²) in [6.07, 6.45) is -1.64. The Bertz CT molecular complexity index is 524. The van der Waals surface area contributed by atoms with Gasteiger partial charge in [0.2, 0.25) is 15.9 Å². The van der Waals surface area contributed by atoms with Gasteiger partial charge >= 0.3 is 6.18 Å². The number of halogens is 3. The van der Waals surface area contributed by atoms with Gasteiger partial charge in [0.05, 0.1) is 12.3 Å². The van der Waals surface area contributed by atoms with Gasteiger partial charge in [-0.25, -0.2) is 8.42 Å². The van der Waals surface area contributed by atoms with Gasteiger partial charge in [-0.1, -0.05) is 0 Å². The smallest absolute Gasteiger partial charge is 0.341 e. The predicted molar refractivity (Wildman–Crippen MR) is 78.2 cm³/mol. The van der Waals surface area contributed by atoms with Gasteiger partial charge in [0, 0.05) is 19.1 Å². The second-order valence-corrected chi connectivity index (χ2v) is 8.06. The van der Waals surface area contributed by atoms with Crippen molar-refractivity contribution in [2.45, 2.75) is 43.9 Å². The Labute approximate surface area is 134 Å². The summed E-state index contributed by atoms with van der Waals surface area (Å²) in [4.78, 5) is 13.9. The molecule has 0 bridgehead atoms. The quantitative estimate of drug-likeness (QED) is 0.798. The first kappa shape index (κ1) is 18.5. The van der Waals surface area contributed by atoms with Crippen molar-refractivity contribution in [3.05, 3.63) is 0 Å². The molecule has 0 aromatic carbocycles. The molecule has 10 heteroatoms. The number of nitrogens with zero attached hydrogens (tertiary/aromatic N) is 2. The lowest BCUT2D eigenvalue weighted by atomic mass is 10.0. The molecule has 0 radical (unpaired) electrons. The Morgan fingerprint density at radius 2 is 1.87 bits per heavy atom. The number of alkyl halides is 3. The van der Waals surface area contributed by atoms with E-state index >= 15 is 0 Å². The third kappa shape index (κ3) is 5.05. The Kier molecular flexibility index (Phi) is 5.57. The van der Waals surface area contributed by atoms with Crippen LogP contribution in [-0.4, -0.2) is 74.2 Å². The lowest BCUT2D eigenvalue weighted by Crippen LogP contribution is -2.53. The number of carbonyl (C=O) groups excluding carboxylic acids is 1. The van der Waals surface area contributed by atoms with E-state index in [1.807, 2.05) is 0 Å². The highest BCUT2D eigenvalue weighted by molar-refractivity contribution is 7.88. The van der Waals surface area contributed by atoms with Crippen molar-refractivity contribution in [2.75, 3.05) is 32.4 Å². The fraction of sp³-hybridized carbons (Fsp3) is 0.923. The van der Waals surface area contributed by atoms with Crippen LogP contribution in [0, 0.1) is 0 Å². The molecule has 0 saturated carbocycles. The van der Waals surface area contributed by atoms with Crippen molar-refractivity contribution in [1.29, 1.82) is 0 Å². The summed E-state index contributed by atoms with van der Waals surface area (Å²) >= 11 is 0. The minimum atomic E-state index is -4.58. The first-order valence-corrected chi connectivity index (χ1v) is 9.48. The van der Waals surface area contributed by atoms with E-state index in [4.69, 9.17) is 0 Å². The summed E-state index contributed by atoms with van der Waals surface area (Å²) in [6.45, 7) is -0.119. The van der Waals surface area contributed by atoms with Gasteiger partial charge in [0.15, 0.2) is 0 Å². The van der Waals surface area contributed by atoms with Crippen molar-refractivity contribution < 1.29 is 26.4 Å². The van der Waals surface area contributed by atoms with E-state index in [-0.39, 0.29) is 37.9 Å². The molecule has 1 N–H and O–H groups in total. The zero-order valence-electron chi connectivity index (χ0n) is 13.0. The Balaban J connectivity index is 1.96. The highest BCUT2D eigenvalue weighted by Gasteiger charge is 2.40. The number of piperidine rings is 1. The van der Waals surface area contributed by atoms with E-state index in [9.17, 15) is 26.4 Å². The number of carbonyl (C=O) groups is 1. The van der Waals surface area contributed by atoms with Gasteiger partial charge in [-0.3, -0.25) is 4.79 Å². The maximum Gasteiger partial charge on any atom is 0.402 e. The number of nitrogens with one attached hydrogen (secondary N) is 1. The van der Waals surface area contributed by atoms with Crippen LogP contribution in [0.4, 0.5) is 13.2 Å². The summed E-state index contributed by atoms with van der Waals surface area (Å²) in [5, 5.41) is 3.10. The second-order valence-electron chi connectivity index (χ2n) is 6.13. The summed E-state index contributed by atoms with van der Waals surface area (Å²) < 4.78 is 61.7. The van der Waals surface area contributed by atoms with Gasteiger partial charge in [-0.05, 0) is 32.2 Å². The van der Waals surface area contributed by atoms with E-state index in [1.165, 1.54) is 0 Å². The minimum Gasteiger partial charge on any atom is -0.341 e. The molecule has 0 aromatic heterocycles. The van der Waals surface area contributed by atoms with Crippen LogP contribution in [0.3, 0.4) is 0 Å². The molecule has 0 spiro atoms. The number of hydrogen-bond donors (Lipinski definition) is 1. The number of amides is 1. The van der Waals surface area contributed by atoms with Crippen molar-refractivity contribution in [1.82, 2.24) is 14.5 Å². The van der Waals surface area contributed by atoms with E-state index in [1.54, 1.807) is 4.90 Å². The average molecular weight is 357 g/mol. The Morgan fingerprint density at radius 3 is 2.30 bits per heavy atom. The van der Waals surface area contributed by atoms with Crippen LogP contribution in [0.15, 0.2) is 0 Å². The van der Waals surface area contributed by atoms with Crippen LogP contribution in [0.5, 0.6) is 0 Å². The molecule has 23 heavy (non-hydrogen) atoms. The molecule has 6 nitrogen and oxygen atoms in total. The molecule has 134 valence electrons. The summed E-state index contributed by atoms with van der Waals surface area (Å²) in [6, 6.07) is -0.931. The normalized spacial score (nSPS) is 24.4. The van der Waals surface area contributed by atoms with Crippen LogP contribution in [0.2, 0.25) is 0 Å². The summed E-state index contributed by atoms with van der Waals surface area (Å²) in [7, 11) is -3.95. The molecule has 1 unspecified atom stereocenters. The van der Waals surface area contributed by atoms with Gasteiger partial charge in [-0.2, -0.15) is 17.5 Å². The highest BCUT2D eigenvalue weighted by atomic mass is 32.2. The average Bonchev–Trinajstić information content (AvgIpc) is 2.96. The van der Waals surface area contributed by atoms with Crippen LogP contribution in [-0.2, 0) is 14.8 Å². The molecule has 2 saturated heterocycles. The monoisotopic (exact) mass is 357 g/mol. The van der Waals surface area contributed by atoms with E-state index in [0.717, 1.165) is 25.6 Å². The third-order valence-electron chi connectivity index (χ3n) is 4.30. The fourth-order valence-electron chi connectivity index (χ4n) is 3.18. The molecule has 0 aromatic rings. The van der Waals surface area contributed by atoms with Crippen LogP contribution < -0.4 is 5.32 Å². The van der Waals surface area contributed by atoms with Crippen molar-refractivity contribution in [3.8, 4) is 0 Å². The second kappa shape index (κ2) is 6.94. The summed E-state index contributed by atoms with van der Waals surface area (Å²) in [5.41, 5.74) is 0. The molecule has 2 aliphatic heterocycles. The maximum atomic E-state index is 12.6. The number of rotatable bonds is 4. The molecular weight excluding hydrogens is 335 g/mol. The Morgan fingerprint density at radius 1 is 1.26 bits per heavy atom. The van der Waals surface area contributed by atoms with Crippen molar-refractivity contribution in [2.24, 2.45) is 0 Å². The van der Waals surface area contributed by atoms with E-state index in [0.29, 0.717) is 4.31 Å². The number of hydrogen-bond acceptors (Lipinski definition) is 4. The van der Waals surface area contributed by atoms with Crippen LogP contribution in [0.25, 0.3) is 0 Å². The van der Waals surface area contributed by atoms with Crippen LogP contribution in [0.1, 0.15) is 25.7 Å². The maximum absolute atomic E-state index is 12.6. The molecule has 0 aliphatic carbocycles. The molecule has 2 fully saturated rings. The molecule has 1 amide bonds. The largest absolute Gasteiger partial charge is 0.402 e. The zero-order valence-corrected chi connectivity index (χ0v) is 13.8. The zero-order chi connectivity index (χ0) is 17.3. The first-order valence-electron chi connectivity index (χ1n) is 7.63. The lowest BCUT2D eigenvalue weighted by Gasteiger charge is -2.38. The predicted octanol–water partition coefficient (Wildman–Crippen LogP) is 0.553.